The van der Waals surface area contributed by atoms with Crippen molar-refractivity contribution in [1.29, 1.82) is 0 Å². The molecule has 16 heavy (non-hydrogen) atoms. The van der Waals surface area contributed by atoms with E-state index in [1.807, 2.05) is 18.2 Å². The number of rotatable bonds is 3. The molecule has 1 aromatic heterocycles. The molecule has 0 fully saturated rings. The quantitative estimate of drug-likeness (QED) is 0.901. The summed E-state index contributed by atoms with van der Waals surface area (Å²) in [4.78, 5) is 14.7. The lowest BCUT2D eigenvalue weighted by Gasteiger charge is -2.03. The van der Waals surface area contributed by atoms with Crippen molar-refractivity contribution < 1.29 is 9.90 Å². The summed E-state index contributed by atoms with van der Waals surface area (Å²) in [5, 5.41) is 8.64. The number of nitrogens with zero attached hydrogens (tertiary/aromatic N) is 2. The molecule has 0 bridgehead atoms. The van der Waals surface area contributed by atoms with Crippen LogP contribution in [0.2, 0.25) is 0 Å². The zero-order valence-electron chi connectivity index (χ0n) is 8.35. The van der Waals surface area contributed by atoms with E-state index < -0.39 is 5.97 Å². The van der Waals surface area contributed by atoms with E-state index in [-0.39, 0.29) is 6.42 Å². The number of carbonyl (C=O) groups is 1. The summed E-state index contributed by atoms with van der Waals surface area (Å²) in [7, 11) is 0. The van der Waals surface area contributed by atoms with Crippen LogP contribution in [0.5, 0.6) is 0 Å². The first-order valence-electron chi connectivity index (χ1n) is 4.71. The van der Waals surface area contributed by atoms with Gasteiger partial charge >= 0.3 is 5.97 Å². The third kappa shape index (κ3) is 2.01. The highest BCUT2D eigenvalue weighted by Crippen LogP contribution is 2.22. The lowest BCUT2D eigenvalue weighted by Crippen LogP contribution is -2.07. The van der Waals surface area contributed by atoms with Gasteiger partial charge < -0.3 is 15.4 Å². The smallest absolute Gasteiger partial charge is 0.305 e. The summed E-state index contributed by atoms with van der Waals surface area (Å²) in [5.74, 6) is -0.507. The van der Waals surface area contributed by atoms with Crippen molar-refractivity contribution in [3.63, 3.8) is 0 Å². The Labute approximate surface area is 100 Å². The molecule has 84 valence electrons. The fourth-order valence-electron chi connectivity index (χ4n) is 1.56. The Morgan fingerprint density at radius 2 is 2.31 bits per heavy atom. The molecule has 0 saturated carbocycles. The second-order valence-electron chi connectivity index (χ2n) is 3.40. The molecule has 5 nitrogen and oxygen atoms in total. The number of aryl methyl sites for hydroxylation is 1. The predicted molar refractivity (Wildman–Crippen MR) is 64.1 cm³/mol. The minimum Gasteiger partial charge on any atom is -0.481 e. The number of aliphatic carboxylic acids is 1. The third-order valence-electron chi connectivity index (χ3n) is 2.29. The predicted octanol–water partition coefficient (Wildman–Crippen LogP) is 1.86. The number of fused-ring (bicyclic) bond motifs is 1. The number of carboxylic acids is 1. The Kier molecular flexibility index (Phi) is 2.82. The first kappa shape index (κ1) is 10.9. The van der Waals surface area contributed by atoms with Crippen molar-refractivity contribution >= 4 is 38.9 Å². The Balaban J connectivity index is 2.43. The maximum Gasteiger partial charge on any atom is 0.305 e. The lowest BCUT2D eigenvalue weighted by atomic mass is 10.3. The van der Waals surface area contributed by atoms with Gasteiger partial charge in [0, 0.05) is 11.0 Å². The highest BCUT2D eigenvalue weighted by Gasteiger charge is 2.09. The largest absolute Gasteiger partial charge is 0.481 e. The molecule has 0 saturated heterocycles. The zero-order valence-corrected chi connectivity index (χ0v) is 9.94. The van der Waals surface area contributed by atoms with Crippen LogP contribution in [0.15, 0.2) is 22.7 Å². The molecule has 0 aliphatic carbocycles. The van der Waals surface area contributed by atoms with Crippen LogP contribution in [0.25, 0.3) is 11.0 Å². The Morgan fingerprint density at radius 3 is 3.00 bits per heavy atom. The summed E-state index contributed by atoms with van der Waals surface area (Å²) in [6.07, 6.45) is 0.0335. The van der Waals surface area contributed by atoms with E-state index in [2.05, 4.69) is 20.9 Å². The minimum absolute atomic E-state index is 0.0335. The Bertz CT molecular complexity index is 550. The highest BCUT2D eigenvalue weighted by molar-refractivity contribution is 9.10. The zero-order chi connectivity index (χ0) is 11.7. The van der Waals surface area contributed by atoms with Gasteiger partial charge in [-0.15, -0.1) is 0 Å². The van der Waals surface area contributed by atoms with Crippen LogP contribution in [0.4, 0.5) is 5.95 Å². The van der Waals surface area contributed by atoms with Gasteiger partial charge in [0.1, 0.15) is 0 Å². The molecule has 6 heteroatoms. The van der Waals surface area contributed by atoms with E-state index in [0.29, 0.717) is 12.5 Å². The van der Waals surface area contributed by atoms with Gasteiger partial charge in [0.05, 0.1) is 17.5 Å². The second kappa shape index (κ2) is 4.13. The number of nitrogens with two attached hydrogens (primary N) is 1. The van der Waals surface area contributed by atoms with Gasteiger partial charge in [0.25, 0.3) is 0 Å². The number of benzene rings is 1. The van der Waals surface area contributed by atoms with Crippen LogP contribution < -0.4 is 5.73 Å². The number of nitrogen functional groups attached to an aromatic ring is 1. The SMILES string of the molecule is Nc1nc2cc(Br)ccc2n1CCC(=O)O. The summed E-state index contributed by atoms with van der Waals surface area (Å²) < 4.78 is 2.62. The van der Waals surface area contributed by atoms with Gasteiger partial charge in [-0.25, -0.2) is 4.98 Å². The first-order valence-corrected chi connectivity index (χ1v) is 5.50. The van der Waals surface area contributed by atoms with E-state index in [4.69, 9.17) is 10.8 Å². The van der Waals surface area contributed by atoms with Gasteiger partial charge in [-0.2, -0.15) is 0 Å². The number of anilines is 1. The molecular formula is C10H10BrN3O2. The third-order valence-corrected chi connectivity index (χ3v) is 2.78. The monoisotopic (exact) mass is 283 g/mol. The molecule has 1 heterocycles. The van der Waals surface area contributed by atoms with Gasteiger partial charge in [0.15, 0.2) is 0 Å². The van der Waals surface area contributed by atoms with Crippen molar-refractivity contribution in [2.24, 2.45) is 0 Å². The Morgan fingerprint density at radius 1 is 1.56 bits per heavy atom. The van der Waals surface area contributed by atoms with Gasteiger partial charge in [-0.3, -0.25) is 4.79 Å². The van der Waals surface area contributed by atoms with Crippen molar-refractivity contribution in [2.45, 2.75) is 13.0 Å². The van der Waals surface area contributed by atoms with E-state index >= 15 is 0 Å². The molecule has 2 aromatic rings. The van der Waals surface area contributed by atoms with Gasteiger partial charge in [0.2, 0.25) is 5.95 Å². The van der Waals surface area contributed by atoms with Crippen LogP contribution in [0.1, 0.15) is 6.42 Å². The normalized spacial score (nSPS) is 10.8. The van der Waals surface area contributed by atoms with Crippen molar-refractivity contribution in [3.8, 4) is 0 Å². The average molecular weight is 284 g/mol. The summed E-state index contributed by atoms with van der Waals surface area (Å²) in [5.41, 5.74) is 7.34. The first-order chi connectivity index (χ1) is 7.58. The maximum absolute atomic E-state index is 10.5. The highest BCUT2D eigenvalue weighted by atomic mass is 79.9. The van der Waals surface area contributed by atoms with Gasteiger partial charge in [-0.05, 0) is 18.2 Å². The number of hydrogen-bond acceptors (Lipinski definition) is 3. The molecular weight excluding hydrogens is 274 g/mol. The van der Waals surface area contributed by atoms with Crippen LogP contribution >= 0.6 is 15.9 Å². The molecule has 0 amide bonds. The maximum atomic E-state index is 10.5. The number of halogens is 1. The molecule has 0 unspecified atom stereocenters. The van der Waals surface area contributed by atoms with Crippen LogP contribution in [0, 0.1) is 0 Å². The van der Waals surface area contributed by atoms with Crippen LogP contribution in [-0.4, -0.2) is 20.6 Å². The summed E-state index contributed by atoms with van der Waals surface area (Å²) in [6, 6.07) is 5.59. The van der Waals surface area contributed by atoms with Crippen LogP contribution in [0.3, 0.4) is 0 Å². The van der Waals surface area contributed by atoms with Crippen LogP contribution in [-0.2, 0) is 11.3 Å². The molecule has 3 N–H and O–H groups in total. The average Bonchev–Trinajstić information content (AvgIpc) is 2.50. The summed E-state index contributed by atoms with van der Waals surface area (Å²) in [6.45, 7) is 0.333. The molecule has 0 aliphatic rings. The number of hydrogen-bond donors (Lipinski definition) is 2. The topological polar surface area (TPSA) is 81.1 Å². The lowest BCUT2D eigenvalue weighted by molar-refractivity contribution is -0.137. The molecule has 0 spiro atoms. The van der Waals surface area contributed by atoms with E-state index in [1.54, 1.807) is 4.57 Å². The van der Waals surface area contributed by atoms with Crippen molar-refractivity contribution in [1.82, 2.24) is 9.55 Å². The van der Waals surface area contributed by atoms with E-state index in [9.17, 15) is 4.79 Å². The Hall–Kier alpha value is -1.56. The van der Waals surface area contributed by atoms with Gasteiger partial charge in [-0.1, -0.05) is 15.9 Å². The fraction of sp³-hybridized carbons (Fsp3) is 0.200. The van der Waals surface area contributed by atoms with Crippen molar-refractivity contribution in [2.75, 3.05) is 5.73 Å². The number of carboxylic acid groups (broad SMARTS) is 1. The molecule has 0 atom stereocenters. The fourth-order valence-corrected chi connectivity index (χ4v) is 1.91. The minimum atomic E-state index is -0.849. The molecule has 1 aromatic carbocycles. The van der Waals surface area contributed by atoms with Crippen molar-refractivity contribution in [3.05, 3.63) is 22.7 Å². The van der Waals surface area contributed by atoms with E-state index in [0.717, 1.165) is 15.5 Å². The number of imidazole rings is 1. The number of aromatic nitrogens is 2. The summed E-state index contributed by atoms with van der Waals surface area (Å²) >= 11 is 3.34. The molecule has 2 rings (SSSR count). The second-order valence-corrected chi connectivity index (χ2v) is 4.31. The molecule has 0 aliphatic heterocycles. The van der Waals surface area contributed by atoms with E-state index in [1.165, 1.54) is 0 Å². The standard InChI is InChI=1S/C10H10BrN3O2/c11-6-1-2-8-7(5-6)13-10(12)14(8)4-3-9(15)16/h1-2,5H,3-4H2,(H2,12,13)(H,15,16). The molecule has 0 radical (unpaired) electrons.